The largest absolute Gasteiger partial charge is 0.489 e. The van der Waals surface area contributed by atoms with Gasteiger partial charge in [-0.05, 0) is 64.8 Å². The molecular weight excluding hydrogens is 444 g/mol. The first-order chi connectivity index (χ1) is 17.0. The summed E-state index contributed by atoms with van der Waals surface area (Å²) in [5.41, 5.74) is 4.09. The van der Waals surface area contributed by atoms with Crippen molar-refractivity contribution in [3.63, 3.8) is 0 Å². The molecule has 0 spiro atoms. The first kappa shape index (κ1) is 23.0. The van der Waals surface area contributed by atoms with Gasteiger partial charge >= 0.3 is 0 Å². The van der Waals surface area contributed by atoms with Crippen LogP contribution in [0.4, 0.5) is 0 Å². The summed E-state index contributed by atoms with van der Waals surface area (Å²) in [6, 6.07) is 11.5. The standard InChI is InChI=1S/C29H26O6/c1-3-5-11-34-28-22(24(30)26(28)32)16-7-9-20-18(13-16)15-19-14-17(8-10-21(19)20)23-25(31)27(33)29(23)35-12-6-4-2/h7-10,13-14H,3-6,11-12,15H2,1-2H3. The van der Waals surface area contributed by atoms with E-state index in [2.05, 4.69) is 0 Å². The van der Waals surface area contributed by atoms with E-state index in [1.807, 2.05) is 50.2 Å². The van der Waals surface area contributed by atoms with Crippen LogP contribution in [0.2, 0.25) is 0 Å². The lowest BCUT2D eigenvalue weighted by molar-refractivity contribution is 0.304. The molecule has 35 heavy (non-hydrogen) atoms. The van der Waals surface area contributed by atoms with Crippen LogP contribution in [0.25, 0.3) is 33.4 Å². The predicted molar refractivity (Wildman–Crippen MR) is 136 cm³/mol. The number of fused-ring (bicyclic) bond motifs is 3. The molecule has 6 nitrogen and oxygen atoms in total. The molecule has 0 aromatic heterocycles. The molecule has 0 N–H and O–H groups in total. The summed E-state index contributed by atoms with van der Waals surface area (Å²) in [6.07, 6.45) is 4.13. The Labute approximate surface area is 202 Å². The Morgan fingerprint density at radius 1 is 0.629 bits per heavy atom. The van der Waals surface area contributed by atoms with Gasteiger partial charge in [0.15, 0.2) is 11.5 Å². The van der Waals surface area contributed by atoms with Crippen molar-refractivity contribution >= 4 is 0 Å². The van der Waals surface area contributed by atoms with E-state index in [1.54, 1.807) is 0 Å². The zero-order chi connectivity index (χ0) is 24.7. The molecule has 1 aliphatic carbocycles. The molecule has 0 saturated carbocycles. The van der Waals surface area contributed by atoms with Crippen molar-refractivity contribution in [2.75, 3.05) is 13.2 Å². The number of ether oxygens (including phenoxy) is 2. The van der Waals surface area contributed by atoms with Gasteiger partial charge in [-0.25, -0.2) is 0 Å². The lowest BCUT2D eigenvalue weighted by Crippen LogP contribution is -2.34. The lowest BCUT2D eigenvalue weighted by atomic mass is 9.95. The van der Waals surface area contributed by atoms with Crippen LogP contribution in [0, 0.1) is 0 Å². The smallest absolute Gasteiger partial charge is 0.268 e. The summed E-state index contributed by atoms with van der Waals surface area (Å²) in [6.45, 7) is 4.89. The van der Waals surface area contributed by atoms with Crippen LogP contribution in [0.5, 0.6) is 11.5 Å². The SMILES string of the molecule is CCCCOc1c(-c2ccc3c(c2)Cc2cc(-c4c(OCCCC)c(=O)c4=O)ccc2-3)c(=O)c1=O. The molecule has 6 heteroatoms. The molecule has 0 atom stereocenters. The minimum absolute atomic E-state index is 0.164. The van der Waals surface area contributed by atoms with Crippen LogP contribution in [0.15, 0.2) is 55.6 Å². The highest BCUT2D eigenvalue weighted by Gasteiger charge is 2.28. The quantitative estimate of drug-likeness (QED) is 0.225. The van der Waals surface area contributed by atoms with Crippen molar-refractivity contribution in [3.8, 4) is 44.9 Å². The maximum atomic E-state index is 12.3. The van der Waals surface area contributed by atoms with E-state index < -0.39 is 21.7 Å². The second-order valence-corrected chi connectivity index (χ2v) is 9.05. The summed E-state index contributed by atoms with van der Waals surface area (Å²) >= 11 is 0. The highest BCUT2D eigenvalue weighted by atomic mass is 16.5. The fourth-order valence-electron chi connectivity index (χ4n) is 4.70. The third-order valence-electron chi connectivity index (χ3n) is 6.68. The van der Waals surface area contributed by atoms with E-state index in [1.165, 1.54) is 0 Å². The molecule has 0 fully saturated rings. The van der Waals surface area contributed by atoms with Crippen molar-refractivity contribution in [2.45, 2.75) is 46.0 Å². The summed E-state index contributed by atoms with van der Waals surface area (Å²) in [7, 11) is 0. The third-order valence-corrected chi connectivity index (χ3v) is 6.68. The van der Waals surface area contributed by atoms with Gasteiger partial charge in [-0.1, -0.05) is 51.0 Å². The second kappa shape index (κ2) is 9.10. The van der Waals surface area contributed by atoms with Gasteiger partial charge in [0.1, 0.15) is 0 Å². The molecule has 5 rings (SSSR count). The fraction of sp³-hybridized carbons (Fsp3) is 0.310. The van der Waals surface area contributed by atoms with Crippen molar-refractivity contribution in [1.29, 1.82) is 0 Å². The van der Waals surface area contributed by atoms with E-state index in [0.29, 0.717) is 41.9 Å². The summed E-state index contributed by atoms with van der Waals surface area (Å²) in [5, 5.41) is 0. The zero-order valence-corrected chi connectivity index (χ0v) is 19.9. The Morgan fingerprint density at radius 3 is 1.46 bits per heavy atom. The van der Waals surface area contributed by atoms with Gasteiger partial charge < -0.3 is 9.47 Å². The molecular formula is C29H26O6. The summed E-state index contributed by atoms with van der Waals surface area (Å²) in [4.78, 5) is 48.7. The zero-order valence-electron chi connectivity index (χ0n) is 19.9. The van der Waals surface area contributed by atoms with Crippen molar-refractivity contribution in [2.24, 2.45) is 0 Å². The third kappa shape index (κ3) is 3.73. The number of benzene rings is 2. The molecule has 0 saturated heterocycles. The van der Waals surface area contributed by atoms with E-state index >= 15 is 0 Å². The second-order valence-electron chi connectivity index (χ2n) is 9.05. The predicted octanol–water partition coefficient (Wildman–Crippen LogP) is 4.14. The molecule has 0 unspecified atom stereocenters. The summed E-state index contributed by atoms with van der Waals surface area (Å²) in [5.74, 6) is 0.328. The number of unbranched alkanes of at least 4 members (excludes halogenated alkanes) is 2. The average molecular weight is 471 g/mol. The van der Waals surface area contributed by atoms with Gasteiger partial charge in [0.25, 0.3) is 10.9 Å². The highest BCUT2D eigenvalue weighted by Crippen LogP contribution is 2.41. The van der Waals surface area contributed by atoms with Crippen LogP contribution >= 0.6 is 0 Å². The molecule has 0 aliphatic heterocycles. The van der Waals surface area contributed by atoms with Gasteiger partial charge in [0, 0.05) is 0 Å². The molecule has 0 radical (unpaired) electrons. The molecule has 0 heterocycles. The average Bonchev–Trinajstić information content (AvgIpc) is 3.23. The molecule has 0 bridgehead atoms. The Hall–Kier alpha value is -3.80. The minimum Gasteiger partial charge on any atom is -0.489 e. The molecule has 1 aliphatic rings. The monoisotopic (exact) mass is 470 g/mol. The van der Waals surface area contributed by atoms with Crippen molar-refractivity contribution in [3.05, 3.63) is 88.4 Å². The van der Waals surface area contributed by atoms with Crippen LogP contribution in [-0.4, -0.2) is 13.2 Å². The van der Waals surface area contributed by atoms with Gasteiger partial charge in [0.05, 0.1) is 24.3 Å². The topological polar surface area (TPSA) is 86.7 Å². The maximum absolute atomic E-state index is 12.3. The first-order valence-electron chi connectivity index (χ1n) is 12.1. The lowest BCUT2D eigenvalue weighted by Gasteiger charge is -2.13. The van der Waals surface area contributed by atoms with Crippen LogP contribution in [0.3, 0.4) is 0 Å². The first-order valence-corrected chi connectivity index (χ1v) is 12.1. The maximum Gasteiger partial charge on any atom is 0.268 e. The Kier molecular flexibility index (Phi) is 5.97. The molecule has 0 amide bonds. The van der Waals surface area contributed by atoms with Crippen LogP contribution in [-0.2, 0) is 6.42 Å². The van der Waals surface area contributed by atoms with E-state index in [0.717, 1.165) is 47.9 Å². The number of hydrogen-bond donors (Lipinski definition) is 0. The van der Waals surface area contributed by atoms with Gasteiger partial charge in [0.2, 0.25) is 10.9 Å². The normalized spacial score (nSPS) is 12.2. The number of rotatable bonds is 10. The van der Waals surface area contributed by atoms with Gasteiger partial charge in [-0.2, -0.15) is 0 Å². The van der Waals surface area contributed by atoms with Crippen LogP contribution in [0.1, 0.15) is 50.7 Å². The molecule has 178 valence electrons. The number of hydrogen-bond acceptors (Lipinski definition) is 6. The van der Waals surface area contributed by atoms with Gasteiger partial charge in [-0.15, -0.1) is 0 Å². The van der Waals surface area contributed by atoms with E-state index in [9.17, 15) is 19.2 Å². The fourth-order valence-corrected chi connectivity index (χ4v) is 4.70. The summed E-state index contributed by atoms with van der Waals surface area (Å²) < 4.78 is 11.2. The van der Waals surface area contributed by atoms with E-state index in [4.69, 9.17) is 9.47 Å². The Balaban J connectivity index is 1.43. The minimum atomic E-state index is -0.561. The molecule has 4 aromatic carbocycles. The van der Waals surface area contributed by atoms with E-state index in [-0.39, 0.29) is 11.5 Å². The Morgan fingerprint density at radius 2 is 1.06 bits per heavy atom. The molecule has 4 aromatic rings. The van der Waals surface area contributed by atoms with Crippen molar-refractivity contribution in [1.82, 2.24) is 0 Å². The highest BCUT2D eigenvalue weighted by molar-refractivity contribution is 5.85. The van der Waals surface area contributed by atoms with Gasteiger partial charge in [-0.3, -0.25) is 19.2 Å². The van der Waals surface area contributed by atoms with Crippen LogP contribution < -0.4 is 31.2 Å². The van der Waals surface area contributed by atoms with Crippen molar-refractivity contribution < 1.29 is 9.47 Å². The Bertz CT molecular complexity index is 1460.